The molecular weight excluding hydrogens is 164 g/mol. The number of aliphatic hydroxyl groups is 1. The number of carboxylic acid groups (broad SMARTS) is 1. The van der Waals surface area contributed by atoms with Crippen LogP contribution in [0.15, 0.2) is 5.11 Å². The Labute approximate surface area is 67.8 Å². The van der Waals surface area contributed by atoms with E-state index in [2.05, 4.69) is 10.0 Å². The molecule has 0 saturated carbocycles. The van der Waals surface area contributed by atoms with Gasteiger partial charge in [0.25, 0.3) is 0 Å². The van der Waals surface area contributed by atoms with Gasteiger partial charge in [0.15, 0.2) is 0 Å². The molecule has 2 atom stereocenters. The molecule has 0 aromatic heterocycles. The number of amides is 1. The molecule has 7 heteroatoms. The lowest BCUT2D eigenvalue weighted by molar-refractivity contribution is 0.138. The minimum Gasteiger partial charge on any atom is -0.465 e. The van der Waals surface area contributed by atoms with Gasteiger partial charge in [-0.3, -0.25) is 0 Å². The largest absolute Gasteiger partial charge is 0.465 e. The van der Waals surface area contributed by atoms with E-state index in [0.717, 1.165) is 4.90 Å². The standard InChI is InChI=1S/C5H8N4O3/c6-8-7-3-1-9(5(11)12)2-4(3)10/h3-4,10H,1-2H2,(H,11,12)/t3-,4-/m0/s1. The first-order valence-electron chi connectivity index (χ1n) is 3.35. The maximum absolute atomic E-state index is 10.4. The number of azide groups is 1. The second-order valence-electron chi connectivity index (χ2n) is 2.53. The van der Waals surface area contributed by atoms with E-state index < -0.39 is 18.2 Å². The van der Waals surface area contributed by atoms with Gasteiger partial charge in [-0.15, -0.1) is 0 Å². The summed E-state index contributed by atoms with van der Waals surface area (Å²) < 4.78 is 0. The lowest BCUT2D eigenvalue weighted by Gasteiger charge is -2.08. The molecule has 1 saturated heterocycles. The van der Waals surface area contributed by atoms with E-state index in [0.29, 0.717) is 0 Å². The highest BCUT2D eigenvalue weighted by Crippen LogP contribution is 2.13. The van der Waals surface area contributed by atoms with Crippen LogP contribution in [0.2, 0.25) is 0 Å². The van der Waals surface area contributed by atoms with Crippen molar-refractivity contribution in [3.8, 4) is 0 Å². The van der Waals surface area contributed by atoms with Gasteiger partial charge in [-0.1, -0.05) is 5.11 Å². The fourth-order valence-electron chi connectivity index (χ4n) is 1.11. The van der Waals surface area contributed by atoms with E-state index in [1.165, 1.54) is 0 Å². The van der Waals surface area contributed by atoms with Crippen LogP contribution in [0.5, 0.6) is 0 Å². The first-order chi connectivity index (χ1) is 5.65. The summed E-state index contributed by atoms with van der Waals surface area (Å²) >= 11 is 0. The van der Waals surface area contributed by atoms with Gasteiger partial charge in [0.05, 0.1) is 18.7 Å². The van der Waals surface area contributed by atoms with Crippen LogP contribution < -0.4 is 0 Å². The number of rotatable bonds is 1. The number of nitrogens with zero attached hydrogens (tertiary/aromatic N) is 4. The number of aliphatic hydroxyl groups excluding tert-OH is 1. The Kier molecular flexibility index (Phi) is 2.37. The minimum absolute atomic E-state index is 0.0129. The molecule has 2 N–H and O–H groups in total. The highest BCUT2D eigenvalue weighted by atomic mass is 16.4. The van der Waals surface area contributed by atoms with E-state index in [4.69, 9.17) is 15.7 Å². The third kappa shape index (κ3) is 1.58. The summed E-state index contributed by atoms with van der Waals surface area (Å²) in [6.07, 6.45) is -1.98. The summed E-state index contributed by atoms with van der Waals surface area (Å²) in [5.41, 5.74) is 8.05. The van der Waals surface area contributed by atoms with Crippen molar-refractivity contribution >= 4 is 6.09 Å². The zero-order valence-electron chi connectivity index (χ0n) is 6.16. The van der Waals surface area contributed by atoms with Crippen LogP contribution in [0.25, 0.3) is 10.4 Å². The van der Waals surface area contributed by atoms with Crippen LogP contribution in [0.1, 0.15) is 0 Å². The summed E-state index contributed by atoms with van der Waals surface area (Å²) in [5.74, 6) is 0. The van der Waals surface area contributed by atoms with Crippen molar-refractivity contribution in [2.75, 3.05) is 13.1 Å². The highest BCUT2D eigenvalue weighted by Gasteiger charge is 2.33. The third-order valence-electron chi connectivity index (χ3n) is 1.73. The number of carbonyl (C=O) groups is 1. The average molecular weight is 172 g/mol. The van der Waals surface area contributed by atoms with Crippen molar-refractivity contribution in [3.63, 3.8) is 0 Å². The Hall–Kier alpha value is -1.46. The zero-order valence-corrected chi connectivity index (χ0v) is 6.16. The Morgan fingerprint density at radius 3 is 2.75 bits per heavy atom. The van der Waals surface area contributed by atoms with Crippen molar-refractivity contribution in [1.29, 1.82) is 0 Å². The Bertz CT molecular complexity index is 237. The summed E-state index contributed by atoms with van der Waals surface area (Å²) in [4.78, 5) is 13.9. The summed E-state index contributed by atoms with van der Waals surface area (Å²) in [7, 11) is 0. The molecule has 66 valence electrons. The number of likely N-dealkylation sites (tertiary alicyclic amines) is 1. The molecule has 1 rings (SSSR count). The van der Waals surface area contributed by atoms with Gasteiger partial charge >= 0.3 is 6.09 Å². The molecule has 0 bridgehead atoms. The maximum Gasteiger partial charge on any atom is 0.407 e. The molecule has 1 fully saturated rings. The fraction of sp³-hybridized carbons (Fsp3) is 0.800. The van der Waals surface area contributed by atoms with Gasteiger partial charge in [-0.2, -0.15) is 0 Å². The predicted molar refractivity (Wildman–Crippen MR) is 38.5 cm³/mol. The Morgan fingerprint density at radius 1 is 1.67 bits per heavy atom. The van der Waals surface area contributed by atoms with Crippen LogP contribution in [0.3, 0.4) is 0 Å². The second kappa shape index (κ2) is 3.29. The molecular formula is C5H8N4O3. The molecule has 1 amide bonds. The molecule has 1 aliphatic rings. The molecule has 0 aromatic carbocycles. The van der Waals surface area contributed by atoms with E-state index >= 15 is 0 Å². The Balaban J connectivity index is 2.61. The van der Waals surface area contributed by atoms with Crippen molar-refractivity contribution in [3.05, 3.63) is 10.4 Å². The number of hydrogen-bond acceptors (Lipinski definition) is 3. The number of β-amino-alcohol motifs (C(OH)–C–C–N with tert-alkyl or cyclic N) is 1. The van der Waals surface area contributed by atoms with Gasteiger partial charge in [-0.05, 0) is 5.53 Å². The maximum atomic E-state index is 10.4. The van der Waals surface area contributed by atoms with E-state index in [1.807, 2.05) is 0 Å². The minimum atomic E-state index is -1.11. The average Bonchev–Trinajstić information content (AvgIpc) is 2.34. The van der Waals surface area contributed by atoms with Gasteiger partial charge in [-0.25, -0.2) is 4.79 Å². The molecule has 0 unspecified atom stereocenters. The van der Waals surface area contributed by atoms with E-state index in [-0.39, 0.29) is 13.1 Å². The topological polar surface area (TPSA) is 110 Å². The molecule has 1 heterocycles. The lowest BCUT2D eigenvalue weighted by atomic mass is 10.2. The third-order valence-corrected chi connectivity index (χ3v) is 1.73. The summed E-state index contributed by atoms with van der Waals surface area (Å²) in [5, 5.41) is 20.9. The van der Waals surface area contributed by atoms with E-state index in [9.17, 15) is 4.79 Å². The van der Waals surface area contributed by atoms with Crippen LogP contribution >= 0.6 is 0 Å². The predicted octanol–water partition coefficient (Wildman–Crippen LogP) is 0.0198. The molecule has 1 aliphatic heterocycles. The van der Waals surface area contributed by atoms with Crippen molar-refractivity contribution in [1.82, 2.24) is 4.90 Å². The lowest BCUT2D eigenvalue weighted by Crippen LogP contribution is -2.27. The monoisotopic (exact) mass is 172 g/mol. The zero-order chi connectivity index (χ0) is 9.14. The van der Waals surface area contributed by atoms with Crippen molar-refractivity contribution in [2.24, 2.45) is 5.11 Å². The highest BCUT2D eigenvalue weighted by molar-refractivity contribution is 5.65. The first kappa shape index (κ1) is 8.63. The SMILES string of the molecule is [N-]=[N+]=N[C@H]1CN(C(=O)O)C[C@@H]1O. The van der Waals surface area contributed by atoms with Gasteiger partial charge in [0.1, 0.15) is 0 Å². The molecule has 0 radical (unpaired) electrons. The molecule has 7 nitrogen and oxygen atoms in total. The molecule has 12 heavy (non-hydrogen) atoms. The fourth-order valence-corrected chi connectivity index (χ4v) is 1.11. The molecule has 0 spiro atoms. The normalized spacial score (nSPS) is 28.2. The van der Waals surface area contributed by atoms with Crippen molar-refractivity contribution in [2.45, 2.75) is 12.1 Å². The Morgan fingerprint density at radius 2 is 2.33 bits per heavy atom. The van der Waals surface area contributed by atoms with Crippen LogP contribution in [0.4, 0.5) is 4.79 Å². The van der Waals surface area contributed by atoms with Crippen LogP contribution in [-0.4, -0.2) is 46.4 Å². The summed E-state index contributed by atoms with van der Waals surface area (Å²) in [6.45, 7) is 0.0829. The van der Waals surface area contributed by atoms with Crippen LogP contribution in [0, 0.1) is 0 Å². The molecule has 0 aromatic rings. The first-order valence-corrected chi connectivity index (χ1v) is 3.35. The van der Waals surface area contributed by atoms with Gasteiger partial charge < -0.3 is 15.1 Å². The van der Waals surface area contributed by atoms with Gasteiger partial charge in [0.2, 0.25) is 0 Å². The number of hydrogen-bond donors (Lipinski definition) is 2. The van der Waals surface area contributed by atoms with E-state index in [1.54, 1.807) is 0 Å². The van der Waals surface area contributed by atoms with Crippen LogP contribution in [-0.2, 0) is 0 Å². The quantitative estimate of drug-likeness (QED) is 0.330. The molecule has 0 aliphatic carbocycles. The van der Waals surface area contributed by atoms with Gasteiger partial charge in [0, 0.05) is 11.5 Å². The summed E-state index contributed by atoms with van der Waals surface area (Å²) in [6, 6.07) is -0.647. The smallest absolute Gasteiger partial charge is 0.407 e. The second-order valence-corrected chi connectivity index (χ2v) is 2.53. The van der Waals surface area contributed by atoms with Crippen molar-refractivity contribution < 1.29 is 15.0 Å².